The minimum absolute atomic E-state index is 0. The van der Waals surface area contributed by atoms with Crippen molar-refractivity contribution in [2.75, 3.05) is 6.54 Å². The number of hydrogen-bond donors (Lipinski definition) is 2. The molecule has 1 saturated carbocycles. The number of nitrogens with two attached hydrogens (primary N) is 1. The summed E-state index contributed by atoms with van der Waals surface area (Å²) < 4.78 is 1.07. The third-order valence-corrected chi connectivity index (χ3v) is 4.79. The first-order valence-electron chi connectivity index (χ1n) is 7.31. The SMILES string of the molecule is CC(Cc1ccc(Br)cc1)NC(=O)C1(CN)CCCC1.Cl. The molecule has 0 aromatic heterocycles. The van der Waals surface area contributed by atoms with E-state index in [0.717, 1.165) is 36.6 Å². The van der Waals surface area contributed by atoms with Crippen molar-refractivity contribution in [1.82, 2.24) is 5.32 Å². The summed E-state index contributed by atoms with van der Waals surface area (Å²) in [5.41, 5.74) is 6.77. The quantitative estimate of drug-likeness (QED) is 0.828. The average molecular weight is 376 g/mol. The number of benzene rings is 1. The van der Waals surface area contributed by atoms with Crippen molar-refractivity contribution in [3.8, 4) is 0 Å². The van der Waals surface area contributed by atoms with Crippen LogP contribution in [0.25, 0.3) is 0 Å². The Balaban J connectivity index is 0.00000220. The molecule has 3 nitrogen and oxygen atoms in total. The summed E-state index contributed by atoms with van der Waals surface area (Å²) in [6, 6.07) is 8.36. The Morgan fingerprint density at radius 3 is 2.43 bits per heavy atom. The third-order valence-electron chi connectivity index (χ3n) is 4.27. The van der Waals surface area contributed by atoms with Crippen LogP contribution in [0, 0.1) is 5.41 Å². The maximum atomic E-state index is 12.5. The highest BCUT2D eigenvalue weighted by Gasteiger charge is 2.40. The molecule has 0 heterocycles. The topological polar surface area (TPSA) is 55.1 Å². The maximum absolute atomic E-state index is 12.5. The van der Waals surface area contributed by atoms with Gasteiger partial charge < -0.3 is 11.1 Å². The first-order chi connectivity index (χ1) is 9.55. The van der Waals surface area contributed by atoms with Crippen LogP contribution in [0.5, 0.6) is 0 Å². The Kier molecular flexibility index (Phi) is 7.17. The van der Waals surface area contributed by atoms with E-state index in [0.29, 0.717) is 6.54 Å². The van der Waals surface area contributed by atoms with Crippen molar-refractivity contribution in [3.63, 3.8) is 0 Å². The first-order valence-corrected chi connectivity index (χ1v) is 8.10. The molecule has 1 unspecified atom stereocenters. The van der Waals surface area contributed by atoms with Gasteiger partial charge in [-0.2, -0.15) is 0 Å². The number of rotatable bonds is 5. The fourth-order valence-electron chi connectivity index (χ4n) is 2.98. The van der Waals surface area contributed by atoms with Gasteiger partial charge in [-0.1, -0.05) is 40.9 Å². The molecule has 1 aromatic carbocycles. The predicted octanol–water partition coefficient (Wildman–Crippen LogP) is 3.44. The second kappa shape index (κ2) is 8.16. The van der Waals surface area contributed by atoms with Crippen LogP contribution < -0.4 is 11.1 Å². The van der Waals surface area contributed by atoms with Crippen LogP contribution in [0.15, 0.2) is 28.7 Å². The van der Waals surface area contributed by atoms with Gasteiger partial charge in [0.2, 0.25) is 5.91 Å². The van der Waals surface area contributed by atoms with Crippen LogP contribution in [0.3, 0.4) is 0 Å². The molecule has 0 bridgehead atoms. The Bertz CT molecular complexity index is 458. The lowest BCUT2D eigenvalue weighted by Gasteiger charge is -2.28. The van der Waals surface area contributed by atoms with Crippen molar-refractivity contribution in [2.45, 2.75) is 45.1 Å². The van der Waals surface area contributed by atoms with Gasteiger partial charge in [0.05, 0.1) is 5.41 Å². The summed E-state index contributed by atoms with van der Waals surface area (Å²) in [6.45, 7) is 2.52. The molecule has 0 saturated heterocycles. The second-order valence-corrected chi connectivity index (χ2v) is 6.81. The number of hydrogen-bond acceptors (Lipinski definition) is 2. The molecular formula is C16H24BrClN2O. The van der Waals surface area contributed by atoms with Crippen molar-refractivity contribution in [3.05, 3.63) is 34.3 Å². The van der Waals surface area contributed by atoms with Gasteiger partial charge in [-0.3, -0.25) is 4.79 Å². The molecule has 2 rings (SSSR count). The standard InChI is InChI=1S/C16H23BrN2O.ClH/c1-12(10-13-4-6-14(17)7-5-13)19-15(20)16(11-18)8-2-3-9-16;/h4-7,12H,2-3,8-11,18H2,1H3,(H,19,20);1H. The molecule has 0 radical (unpaired) electrons. The highest BCUT2D eigenvalue weighted by atomic mass is 79.9. The van der Waals surface area contributed by atoms with E-state index in [1.54, 1.807) is 0 Å². The fraction of sp³-hybridized carbons (Fsp3) is 0.562. The molecule has 1 aliphatic rings. The smallest absolute Gasteiger partial charge is 0.227 e. The molecule has 1 atom stereocenters. The summed E-state index contributed by atoms with van der Waals surface area (Å²) in [6.07, 6.45) is 4.94. The summed E-state index contributed by atoms with van der Waals surface area (Å²) in [5, 5.41) is 3.15. The molecule has 1 fully saturated rings. The fourth-order valence-corrected chi connectivity index (χ4v) is 3.24. The van der Waals surface area contributed by atoms with Gasteiger partial charge >= 0.3 is 0 Å². The molecule has 118 valence electrons. The highest BCUT2D eigenvalue weighted by molar-refractivity contribution is 9.10. The summed E-state index contributed by atoms with van der Waals surface area (Å²) in [4.78, 5) is 12.5. The monoisotopic (exact) mass is 374 g/mol. The van der Waals surface area contributed by atoms with Crippen molar-refractivity contribution in [2.24, 2.45) is 11.1 Å². The van der Waals surface area contributed by atoms with Crippen LogP contribution in [-0.4, -0.2) is 18.5 Å². The van der Waals surface area contributed by atoms with E-state index >= 15 is 0 Å². The maximum Gasteiger partial charge on any atom is 0.227 e. The molecule has 1 aromatic rings. The first kappa shape index (κ1) is 18.5. The van der Waals surface area contributed by atoms with E-state index in [1.807, 2.05) is 12.1 Å². The van der Waals surface area contributed by atoms with Gasteiger partial charge in [0.25, 0.3) is 0 Å². The largest absolute Gasteiger partial charge is 0.353 e. The van der Waals surface area contributed by atoms with Crippen LogP contribution in [-0.2, 0) is 11.2 Å². The van der Waals surface area contributed by atoms with E-state index in [4.69, 9.17) is 5.73 Å². The van der Waals surface area contributed by atoms with Crippen molar-refractivity contribution < 1.29 is 4.79 Å². The van der Waals surface area contributed by atoms with Crippen LogP contribution in [0.1, 0.15) is 38.2 Å². The van der Waals surface area contributed by atoms with Gasteiger partial charge in [-0.25, -0.2) is 0 Å². The lowest BCUT2D eigenvalue weighted by molar-refractivity contribution is -0.130. The molecule has 1 amide bonds. The van der Waals surface area contributed by atoms with Crippen LogP contribution in [0.2, 0.25) is 0 Å². The predicted molar refractivity (Wildman–Crippen MR) is 92.7 cm³/mol. The zero-order chi connectivity index (χ0) is 14.6. The van der Waals surface area contributed by atoms with Gasteiger partial charge in [-0.05, 0) is 43.9 Å². The van der Waals surface area contributed by atoms with E-state index in [1.165, 1.54) is 5.56 Å². The number of amides is 1. The van der Waals surface area contributed by atoms with Crippen LogP contribution >= 0.6 is 28.3 Å². The normalized spacial score (nSPS) is 17.9. The highest BCUT2D eigenvalue weighted by Crippen LogP contribution is 2.37. The molecule has 3 N–H and O–H groups in total. The third kappa shape index (κ3) is 4.70. The Hall–Kier alpha value is -0.580. The van der Waals surface area contributed by atoms with Crippen molar-refractivity contribution in [1.29, 1.82) is 0 Å². The second-order valence-electron chi connectivity index (χ2n) is 5.90. The molecular weight excluding hydrogens is 352 g/mol. The summed E-state index contributed by atoms with van der Waals surface area (Å²) in [7, 11) is 0. The summed E-state index contributed by atoms with van der Waals surface area (Å²) in [5.74, 6) is 0.141. The molecule has 1 aliphatic carbocycles. The lowest BCUT2D eigenvalue weighted by atomic mass is 9.85. The zero-order valence-electron chi connectivity index (χ0n) is 12.4. The number of halogens is 2. The zero-order valence-corrected chi connectivity index (χ0v) is 14.8. The van der Waals surface area contributed by atoms with Gasteiger partial charge in [0, 0.05) is 17.1 Å². The molecule has 0 spiro atoms. The Morgan fingerprint density at radius 2 is 1.90 bits per heavy atom. The Morgan fingerprint density at radius 1 is 1.33 bits per heavy atom. The molecule has 21 heavy (non-hydrogen) atoms. The van der Waals surface area contributed by atoms with E-state index < -0.39 is 0 Å². The van der Waals surface area contributed by atoms with Crippen LogP contribution in [0.4, 0.5) is 0 Å². The van der Waals surface area contributed by atoms with Crippen molar-refractivity contribution >= 4 is 34.2 Å². The average Bonchev–Trinajstić information content (AvgIpc) is 2.91. The Labute approximate surface area is 141 Å². The lowest BCUT2D eigenvalue weighted by Crippen LogP contribution is -2.47. The molecule has 0 aliphatic heterocycles. The minimum Gasteiger partial charge on any atom is -0.353 e. The van der Waals surface area contributed by atoms with Gasteiger partial charge in [-0.15, -0.1) is 12.4 Å². The summed E-state index contributed by atoms with van der Waals surface area (Å²) >= 11 is 3.43. The number of nitrogens with one attached hydrogen (secondary N) is 1. The van der Waals surface area contributed by atoms with E-state index in [2.05, 4.69) is 40.3 Å². The van der Waals surface area contributed by atoms with Gasteiger partial charge in [0.1, 0.15) is 0 Å². The number of carbonyl (C=O) groups excluding carboxylic acids is 1. The van der Waals surface area contributed by atoms with Gasteiger partial charge in [0.15, 0.2) is 0 Å². The molecule has 5 heteroatoms. The number of carbonyl (C=O) groups is 1. The van der Waals surface area contributed by atoms with E-state index in [9.17, 15) is 4.79 Å². The van der Waals surface area contributed by atoms with E-state index in [-0.39, 0.29) is 29.8 Å². The minimum atomic E-state index is -0.312.